The van der Waals surface area contributed by atoms with E-state index in [1.165, 1.54) is 19.3 Å². The lowest BCUT2D eigenvalue weighted by atomic mass is 9.77. The summed E-state index contributed by atoms with van der Waals surface area (Å²) in [5.74, 6) is 0.817. The van der Waals surface area contributed by atoms with Gasteiger partial charge in [-0.25, -0.2) is 8.78 Å². The Labute approximate surface area is 159 Å². The largest absolute Gasteiger partial charge is 0.491 e. The molecule has 0 spiro atoms. The Balaban J connectivity index is 1.78. The molecule has 0 amide bonds. The smallest absolute Gasteiger partial charge is 0.172 e. The van der Waals surface area contributed by atoms with Gasteiger partial charge in [0.05, 0.1) is 6.61 Å². The summed E-state index contributed by atoms with van der Waals surface area (Å²) in [6.07, 6.45) is 5.69. The molecule has 4 rings (SSSR count). The Morgan fingerprint density at radius 3 is 2.00 bits per heavy atom. The van der Waals surface area contributed by atoms with Gasteiger partial charge in [-0.15, -0.1) is 0 Å². The Bertz CT molecular complexity index is 971. The minimum absolute atomic E-state index is 0.136. The van der Waals surface area contributed by atoms with E-state index in [2.05, 4.69) is 6.92 Å². The average molecular weight is 368 g/mol. The van der Waals surface area contributed by atoms with Gasteiger partial charge in [-0.3, -0.25) is 0 Å². The molecule has 0 radical (unpaired) electrons. The Kier molecular flexibility index (Phi) is 5.03. The van der Waals surface area contributed by atoms with Gasteiger partial charge < -0.3 is 4.74 Å². The van der Waals surface area contributed by atoms with E-state index in [1.54, 1.807) is 18.2 Å². The molecule has 1 aliphatic carbocycles. The minimum atomic E-state index is -0.376. The normalized spacial score (nSPS) is 20.3. The maximum atomic E-state index is 15.3. The third-order valence-corrected chi connectivity index (χ3v) is 6.22. The van der Waals surface area contributed by atoms with Gasteiger partial charge >= 0.3 is 0 Å². The Morgan fingerprint density at radius 1 is 0.778 bits per heavy atom. The van der Waals surface area contributed by atoms with E-state index in [-0.39, 0.29) is 17.4 Å². The van der Waals surface area contributed by atoms with Crippen LogP contribution in [0.4, 0.5) is 8.78 Å². The van der Waals surface area contributed by atoms with Crippen molar-refractivity contribution in [2.24, 2.45) is 5.92 Å². The number of benzene rings is 3. The van der Waals surface area contributed by atoms with Crippen LogP contribution in [-0.4, -0.2) is 6.61 Å². The van der Waals surface area contributed by atoms with Crippen LogP contribution in [0.5, 0.6) is 5.75 Å². The van der Waals surface area contributed by atoms with Crippen LogP contribution in [0, 0.1) is 17.6 Å². The third kappa shape index (κ3) is 3.18. The van der Waals surface area contributed by atoms with E-state index in [0.717, 1.165) is 35.1 Å². The van der Waals surface area contributed by atoms with Crippen molar-refractivity contribution < 1.29 is 13.5 Å². The Morgan fingerprint density at radius 2 is 1.37 bits per heavy atom. The summed E-state index contributed by atoms with van der Waals surface area (Å²) in [4.78, 5) is 0. The van der Waals surface area contributed by atoms with Gasteiger partial charge in [0.25, 0.3) is 0 Å². The van der Waals surface area contributed by atoms with Crippen LogP contribution in [0.1, 0.15) is 57.4 Å². The SMILES string of the molecule is CCOc1ccc2c(ccc3c(F)c(C4CCC(CC)CC4)ccc32)c1F. The monoisotopic (exact) mass is 368 g/mol. The van der Waals surface area contributed by atoms with Crippen LogP contribution in [0.25, 0.3) is 21.5 Å². The van der Waals surface area contributed by atoms with Crippen LogP contribution >= 0.6 is 0 Å². The lowest BCUT2D eigenvalue weighted by Gasteiger charge is -2.28. The van der Waals surface area contributed by atoms with Gasteiger partial charge in [-0.2, -0.15) is 0 Å². The average Bonchev–Trinajstić information content (AvgIpc) is 2.70. The van der Waals surface area contributed by atoms with Crippen molar-refractivity contribution in [2.45, 2.75) is 51.9 Å². The molecule has 27 heavy (non-hydrogen) atoms. The maximum Gasteiger partial charge on any atom is 0.172 e. The molecule has 3 aromatic rings. The van der Waals surface area contributed by atoms with Crippen LogP contribution in [-0.2, 0) is 0 Å². The van der Waals surface area contributed by atoms with E-state index >= 15 is 4.39 Å². The molecule has 0 bridgehead atoms. The second kappa shape index (κ2) is 7.46. The molecule has 0 aliphatic heterocycles. The Hall–Kier alpha value is -2.16. The fraction of sp³-hybridized carbons (Fsp3) is 0.417. The molecule has 1 nitrogen and oxygen atoms in total. The van der Waals surface area contributed by atoms with E-state index in [4.69, 9.17) is 4.74 Å². The van der Waals surface area contributed by atoms with Crippen molar-refractivity contribution in [1.29, 1.82) is 0 Å². The van der Waals surface area contributed by atoms with Crippen molar-refractivity contribution in [2.75, 3.05) is 6.61 Å². The number of fused-ring (bicyclic) bond motifs is 3. The van der Waals surface area contributed by atoms with Gasteiger partial charge in [-0.05, 0) is 72.9 Å². The third-order valence-electron chi connectivity index (χ3n) is 6.22. The predicted octanol–water partition coefficient (Wildman–Crippen LogP) is 7.35. The molecule has 3 heteroatoms. The molecule has 0 aromatic heterocycles. The summed E-state index contributed by atoms with van der Waals surface area (Å²) in [6, 6.07) is 10.7. The first-order valence-corrected chi connectivity index (χ1v) is 10.1. The quantitative estimate of drug-likeness (QED) is 0.437. The maximum absolute atomic E-state index is 15.3. The molecule has 0 atom stereocenters. The summed E-state index contributed by atoms with van der Waals surface area (Å²) in [5.41, 5.74) is 0.822. The van der Waals surface area contributed by atoms with Gasteiger partial charge in [0.15, 0.2) is 11.6 Å². The molecule has 0 N–H and O–H groups in total. The molecule has 0 unspecified atom stereocenters. The van der Waals surface area contributed by atoms with Crippen molar-refractivity contribution in [3.8, 4) is 5.75 Å². The zero-order valence-corrected chi connectivity index (χ0v) is 16.0. The fourth-order valence-electron chi connectivity index (χ4n) is 4.61. The number of halogens is 2. The second-order valence-corrected chi connectivity index (χ2v) is 7.66. The van der Waals surface area contributed by atoms with E-state index in [1.807, 2.05) is 25.1 Å². The van der Waals surface area contributed by atoms with Crippen LogP contribution in [0.2, 0.25) is 0 Å². The lowest BCUT2D eigenvalue weighted by molar-refractivity contribution is 0.315. The van der Waals surface area contributed by atoms with Gasteiger partial charge in [-0.1, -0.05) is 37.6 Å². The first kappa shape index (κ1) is 18.2. The van der Waals surface area contributed by atoms with Crippen molar-refractivity contribution >= 4 is 21.5 Å². The van der Waals surface area contributed by atoms with Crippen molar-refractivity contribution in [3.63, 3.8) is 0 Å². The lowest BCUT2D eigenvalue weighted by Crippen LogP contribution is -2.13. The van der Waals surface area contributed by atoms with E-state index in [9.17, 15) is 4.39 Å². The molecule has 3 aromatic carbocycles. The number of hydrogen-bond acceptors (Lipinski definition) is 1. The summed E-state index contributed by atoms with van der Waals surface area (Å²) in [5, 5.41) is 2.55. The molecular weight excluding hydrogens is 342 g/mol. The summed E-state index contributed by atoms with van der Waals surface area (Å²) in [7, 11) is 0. The number of hydrogen-bond donors (Lipinski definition) is 0. The first-order valence-electron chi connectivity index (χ1n) is 10.1. The minimum Gasteiger partial charge on any atom is -0.491 e. The summed E-state index contributed by atoms with van der Waals surface area (Å²) >= 11 is 0. The molecule has 1 saturated carbocycles. The molecule has 142 valence electrons. The van der Waals surface area contributed by atoms with Gasteiger partial charge in [0, 0.05) is 10.8 Å². The van der Waals surface area contributed by atoms with Crippen LogP contribution < -0.4 is 4.74 Å². The van der Waals surface area contributed by atoms with Crippen LogP contribution in [0.3, 0.4) is 0 Å². The van der Waals surface area contributed by atoms with E-state index in [0.29, 0.717) is 23.3 Å². The highest BCUT2D eigenvalue weighted by atomic mass is 19.1. The van der Waals surface area contributed by atoms with Gasteiger partial charge in [0.2, 0.25) is 0 Å². The standard InChI is InChI=1S/C24H26F2O/c1-3-15-5-7-16(8-6-15)17-9-10-18-19-13-14-22(27-4-2)24(26)21(19)12-11-20(18)23(17)25/h9-16H,3-8H2,1-2H3. The van der Waals surface area contributed by atoms with Crippen LogP contribution in [0.15, 0.2) is 36.4 Å². The van der Waals surface area contributed by atoms with E-state index < -0.39 is 0 Å². The summed E-state index contributed by atoms with van der Waals surface area (Å²) in [6.45, 7) is 4.48. The van der Waals surface area contributed by atoms with Crippen molar-refractivity contribution in [1.82, 2.24) is 0 Å². The molecular formula is C24H26F2O. The highest BCUT2D eigenvalue weighted by molar-refractivity contribution is 6.08. The molecule has 0 heterocycles. The molecule has 1 fully saturated rings. The second-order valence-electron chi connectivity index (χ2n) is 7.66. The summed E-state index contributed by atoms with van der Waals surface area (Å²) < 4.78 is 35.4. The zero-order chi connectivity index (χ0) is 19.0. The highest BCUT2D eigenvalue weighted by Gasteiger charge is 2.24. The van der Waals surface area contributed by atoms with Crippen molar-refractivity contribution in [3.05, 3.63) is 53.6 Å². The fourth-order valence-corrected chi connectivity index (χ4v) is 4.61. The molecule has 1 aliphatic rings. The first-order chi connectivity index (χ1) is 13.1. The zero-order valence-electron chi connectivity index (χ0n) is 16.0. The molecule has 0 saturated heterocycles. The highest BCUT2D eigenvalue weighted by Crippen LogP contribution is 2.40. The number of ether oxygens (including phenoxy) is 1. The number of rotatable bonds is 4. The topological polar surface area (TPSA) is 9.23 Å². The predicted molar refractivity (Wildman–Crippen MR) is 108 cm³/mol. The van der Waals surface area contributed by atoms with Gasteiger partial charge in [0.1, 0.15) is 5.82 Å².